The van der Waals surface area contributed by atoms with Gasteiger partial charge in [0, 0.05) is 33.8 Å². The highest BCUT2D eigenvalue weighted by molar-refractivity contribution is 7.99. The zero-order valence-corrected chi connectivity index (χ0v) is 18.6. The Morgan fingerprint density at radius 3 is 2.34 bits per heavy atom. The summed E-state index contributed by atoms with van der Waals surface area (Å²) in [7, 11) is 0. The Balaban J connectivity index is 1.84. The summed E-state index contributed by atoms with van der Waals surface area (Å²) in [4.78, 5) is 13.4. The third-order valence-corrected chi connectivity index (χ3v) is 6.11. The molecule has 32 heavy (non-hydrogen) atoms. The van der Waals surface area contributed by atoms with Gasteiger partial charge in [-0.2, -0.15) is 13.2 Å². The van der Waals surface area contributed by atoms with E-state index in [1.165, 1.54) is 23.9 Å². The molecule has 3 rings (SSSR count). The fourth-order valence-electron chi connectivity index (χ4n) is 3.53. The summed E-state index contributed by atoms with van der Waals surface area (Å²) in [6.45, 7) is 5.35. The van der Waals surface area contributed by atoms with Gasteiger partial charge in [0.2, 0.25) is 0 Å². The molecule has 0 aliphatic rings. The van der Waals surface area contributed by atoms with E-state index in [0.717, 1.165) is 23.3 Å². The summed E-state index contributed by atoms with van der Waals surface area (Å²) in [5.41, 5.74) is 1.73. The lowest BCUT2D eigenvalue weighted by molar-refractivity contribution is -0.137. The average molecular weight is 459 g/mol. The van der Waals surface area contributed by atoms with Crippen LogP contribution in [0.2, 0.25) is 0 Å². The van der Waals surface area contributed by atoms with E-state index in [4.69, 9.17) is 10.8 Å². The molecule has 0 aliphatic carbocycles. The number of thioether (sulfide) groups is 1. The first-order valence-corrected chi connectivity index (χ1v) is 10.7. The fraction of sp³-hybridized carbons (Fsp3) is 0.240. The van der Waals surface area contributed by atoms with E-state index in [-0.39, 0.29) is 11.3 Å². The molecule has 0 saturated heterocycles. The Morgan fingerprint density at radius 1 is 1.09 bits per heavy atom. The van der Waals surface area contributed by atoms with Crippen molar-refractivity contribution >= 4 is 11.8 Å². The van der Waals surface area contributed by atoms with Crippen LogP contribution in [0.4, 0.5) is 13.2 Å². The number of benzene rings is 2. The first kappa shape index (κ1) is 23.6. The van der Waals surface area contributed by atoms with Crippen LogP contribution in [0.3, 0.4) is 0 Å². The van der Waals surface area contributed by atoms with Crippen molar-refractivity contribution in [3.05, 3.63) is 80.4 Å². The normalized spacial score (nSPS) is 11.4. The predicted octanol–water partition coefficient (Wildman–Crippen LogP) is 6.27. The van der Waals surface area contributed by atoms with Gasteiger partial charge in [0.05, 0.1) is 5.56 Å². The van der Waals surface area contributed by atoms with Crippen LogP contribution in [0.5, 0.6) is 5.75 Å². The molecule has 1 heterocycles. The molecular weight excluding hydrogens is 437 g/mol. The molecule has 1 N–H and O–H groups in total. The minimum Gasteiger partial charge on any atom is -0.507 e. The zero-order valence-electron chi connectivity index (χ0n) is 17.8. The van der Waals surface area contributed by atoms with Crippen molar-refractivity contribution in [1.82, 2.24) is 0 Å². The van der Waals surface area contributed by atoms with E-state index in [0.29, 0.717) is 39.5 Å². The first-order valence-electron chi connectivity index (χ1n) is 9.76. The molecule has 3 aromatic rings. The predicted molar refractivity (Wildman–Crippen MR) is 120 cm³/mol. The minimum absolute atomic E-state index is 0.0343. The molecule has 0 fully saturated rings. The molecular formula is C25H21F3O3S. The number of aromatic hydroxyl groups is 1. The van der Waals surface area contributed by atoms with Crippen molar-refractivity contribution in [2.24, 2.45) is 0 Å². The van der Waals surface area contributed by atoms with Crippen molar-refractivity contribution in [2.75, 3.05) is 5.75 Å². The second-order valence-electron chi connectivity index (χ2n) is 7.43. The molecule has 0 radical (unpaired) electrons. The Bertz CT molecular complexity index is 1250. The van der Waals surface area contributed by atoms with E-state index in [1.54, 1.807) is 13.0 Å². The summed E-state index contributed by atoms with van der Waals surface area (Å²) < 4.78 is 43.5. The molecule has 0 spiro atoms. The van der Waals surface area contributed by atoms with Gasteiger partial charge in [-0.3, -0.25) is 0 Å². The fourth-order valence-corrected chi connectivity index (χ4v) is 4.38. The smallest absolute Gasteiger partial charge is 0.416 e. The quantitative estimate of drug-likeness (QED) is 0.362. The maximum Gasteiger partial charge on any atom is 0.416 e. The number of hydrogen-bond donors (Lipinski definition) is 1. The van der Waals surface area contributed by atoms with Crippen LogP contribution in [0.15, 0.2) is 50.5 Å². The number of rotatable bonds is 5. The van der Waals surface area contributed by atoms with Gasteiger partial charge in [0.15, 0.2) is 0 Å². The van der Waals surface area contributed by atoms with E-state index in [9.17, 15) is 23.1 Å². The standard InChI is InChI=1S/C25H21F3O3S/c1-5-17-13-14(2)12-15(3)21(17)22-23(29)16(4)20(31-24(22)30)10-11-32-19-8-6-18(7-9-19)25(26,27)28/h1,6-9,12-13,29H,10-11H2,2-4H3. The highest BCUT2D eigenvalue weighted by atomic mass is 32.2. The Morgan fingerprint density at radius 2 is 1.75 bits per heavy atom. The molecule has 0 aliphatic heterocycles. The van der Waals surface area contributed by atoms with Crippen LogP contribution in [0.1, 0.15) is 33.6 Å². The number of hydrogen-bond acceptors (Lipinski definition) is 4. The zero-order chi connectivity index (χ0) is 23.6. The third kappa shape index (κ3) is 4.86. The van der Waals surface area contributed by atoms with Crippen LogP contribution >= 0.6 is 11.8 Å². The Hall–Kier alpha value is -3.11. The first-order chi connectivity index (χ1) is 15.0. The largest absolute Gasteiger partial charge is 0.507 e. The van der Waals surface area contributed by atoms with Crippen LogP contribution in [0.25, 0.3) is 11.1 Å². The summed E-state index contributed by atoms with van der Waals surface area (Å²) in [6, 6.07) is 8.50. The lowest BCUT2D eigenvalue weighted by atomic mass is 9.92. The molecule has 2 aromatic carbocycles. The monoisotopic (exact) mass is 458 g/mol. The number of aryl methyl sites for hydroxylation is 3. The summed E-state index contributed by atoms with van der Waals surface area (Å²) >= 11 is 1.33. The molecule has 7 heteroatoms. The number of terminal acetylenes is 1. The van der Waals surface area contributed by atoms with Crippen LogP contribution < -0.4 is 5.63 Å². The van der Waals surface area contributed by atoms with Gasteiger partial charge in [0.25, 0.3) is 0 Å². The number of halogens is 3. The maximum atomic E-state index is 12.8. The van der Waals surface area contributed by atoms with Crippen molar-refractivity contribution < 1.29 is 22.7 Å². The van der Waals surface area contributed by atoms with E-state index >= 15 is 0 Å². The van der Waals surface area contributed by atoms with Gasteiger partial charge >= 0.3 is 11.8 Å². The Labute approximate surface area is 188 Å². The van der Waals surface area contributed by atoms with Gasteiger partial charge in [-0.05, 0) is 62.2 Å². The molecule has 3 nitrogen and oxygen atoms in total. The van der Waals surface area contributed by atoms with Crippen molar-refractivity contribution in [1.29, 1.82) is 0 Å². The summed E-state index contributed by atoms with van der Waals surface area (Å²) in [6.07, 6.45) is 1.56. The van der Waals surface area contributed by atoms with E-state index in [2.05, 4.69) is 5.92 Å². The van der Waals surface area contributed by atoms with Gasteiger partial charge in [-0.15, -0.1) is 18.2 Å². The van der Waals surface area contributed by atoms with Crippen LogP contribution in [0, 0.1) is 33.1 Å². The molecule has 0 atom stereocenters. The van der Waals surface area contributed by atoms with Crippen LogP contribution in [-0.2, 0) is 12.6 Å². The molecule has 0 unspecified atom stereocenters. The van der Waals surface area contributed by atoms with E-state index < -0.39 is 17.4 Å². The topological polar surface area (TPSA) is 50.4 Å². The van der Waals surface area contributed by atoms with Gasteiger partial charge in [0.1, 0.15) is 17.1 Å². The van der Waals surface area contributed by atoms with Crippen molar-refractivity contribution in [3.8, 4) is 29.2 Å². The second kappa shape index (κ2) is 9.17. The van der Waals surface area contributed by atoms with Gasteiger partial charge < -0.3 is 9.52 Å². The van der Waals surface area contributed by atoms with E-state index in [1.807, 2.05) is 19.9 Å². The maximum absolute atomic E-state index is 12.8. The molecule has 1 aromatic heterocycles. The lowest BCUT2D eigenvalue weighted by Crippen LogP contribution is -2.10. The molecule has 0 bridgehead atoms. The SMILES string of the molecule is C#Cc1cc(C)cc(C)c1-c1c(O)c(C)c(CCSc2ccc(C(F)(F)F)cc2)oc1=O. The Kier molecular flexibility index (Phi) is 6.75. The highest BCUT2D eigenvalue weighted by Gasteiger charge is 2.30. The van der Waals surface area contributed by atoms with Crippen molar-refractivity contribution in [3.63, 3.8) is 0 Å². The molecule has 0 amide bonds. The second-order valence-corrected chi connectivity index (χ2v) is 8.60. The van der Waals surface area contributed by atoms with Crippen molar-refractivity contribution in [2.45, 2.75) is 38.3 Å². The van der Waals surface area contributed by atoms with Crippen LogP contribution in [-0.4, -0.2) is 10.9 Å². The summed E-state index contributed by atoms with van der Waals surface area (Å²) in [5.74, 6) is 3.16. The summed E-state index contributed by atoms with van der Waals surface area (Å²) in [5, 5.41) is 10.8. The molecule has 0 saturated carbocycles. The highest BCUT2D eigenvalue weighted by Crippen LogP contribution is 2.36. The average Bonchev–Trinajstić information content (AvgIpc) is 2.72. The minimum atomic E-state index is -4.38. The lowest BCUT2D eigenvalue weighted by Gasteiger charge is -2.14. The van der Waals surface area contributed by atoms with Gasteiger partial charge in [-0.1, -0.05) is 12.0 Å². The third-order valence-electron chi connectivity index (χ3n) is 5.10. The molecule has 166 valence electrons. The number of alkyl halides is 3. The van der Waals surface area contributed by atoms with Gasteiger partial charge in [-0.25, -0.2) is 4.79 Å².